The van der Waals surface area contributed by atoms with Gasteiger partial charge in [-0.05, 0) is 53.1 Å². The van der Waals surface area contributed by atoms with Gasteiger partial charge in [-0.3, -0.25) is 9.59 Å². The quantitative estimate of drug-likeness (QED) is 0.273. The number of nitrogens with one attached hydrogen (secondary N) is 1. The zero-order chi connectivity index (χ0) is 28.4. The van der Waals surface area contributed by atoms with Gasteiger partial charge in [-0.2, -0.15) is 0 Å². The third-order valence-electron chi connectivity index (χ3n) is 6.79. The van der Waals surface area contributed by atoms with E-state index in [0.717, 1.165) is 16.7 Å². The highest BCUT2D eigenvalue weighted by Gasteiger charge is 2.31. The van der Waals surface area contributed by atoms with Crippen molar-refractivity contribution < 1.29 is 28.5 Å². The molecule has 0 radical (unpaired) electrons. The van der Waals surface area contributed by atoms with Gasteiger partial charge >= 0.3 is 0 Å². The summed E-state index contributed by atoms with van der Waals surface area (Å²) in [6.07, 6.45) is 0.334. The first-order valence-corrected chi connectivity index (χ1v) is 13.4. The molecule has 1 atom stereocenters. The van der Waals surface area contributed by atoms with Crippen molar-refractivity contribution in [1.29, 1.82) is 0 Å². The number of carbonyl (C=O) groups excluding carboxylic acids is 2. The van der Waals surface area contributed by atoms with E-state index in [4.69, 9.17) is 18.9 Å². The van der Waals surface area contributed by atoms with Crippen molar-refractivity contribution in [3.05, 3.63) is 120 Å². The van der Waals surface area contributed by atoms with E-state index in [0.29, 0.717) is 29.4 Å². The minimum atomic E-state index is -0.791. The molecule has 1 aliphatic heterocycles. The maximum Gasteiger partial charge on any atom is 0.261 e. The molecule has 0 unspecified atom stereocenters. The monoisotopic (exact) mass is 552 g/mol. The Hall–Kier alpha value is -4.98. The van der Waals surface area contributed by atoms with E-state index in [1.54, 1.807) is 24.1 Å². The Bertz CT molecular complexity index is 1440. The predicted molar refractivity (Wildman–Crippen MR) is 154 cm³/mol. The van der Waals surface area contributed by atoms with Crippen LogP contribution in [0.2, 0.25) is 0 Å². The summed E-state index contributed by atoms with van der Waals surface area (Å²) in [5.41, 5.74) is 2.66. The molecule has 8 nitrogen and oxygen atoms in total. The van der Waals surface area contributed by atoms with Crippen LogP contribution in [0.3, 0.4) is 0 Å². The summed E-state index contributed by atoms with van der Waals surface area (Å²) in [6, 6.07) is 31.0. The van der Waals surface area contributed by atoms with Crippen LogP contribution in [0.15, 0.2) is 103 Å². The van der Waals surface area contributed by atoms with Crippen molar-refractivity contribution in [2.45, 2.75) is 25.6 Å². The summed E-state index contributed by atoms with van der Waals surface area (Å²) in [6.45, 7) is 0.459. The van der Waals surface area contributed by atoms with Crippen molar-refractivity contribution in [1.82, 2.24) is 10.2 Å². The highest BCUT2D eigenvalue weighted by molar-refractivity contribution is 5.88. The molecule has 4 aromatic carbocycles. The van der Waals surface area contributed by atoms with E-state index in [1.165, 1.54) is 0 Å². The first-order valence-electron chi connectivity index (χ1n) is 13.4. The fourth-order valence-electron chi connectivity index (χ4n) is 4.58. The molecular formula is C33H32N2O6. The van der Waals surface area contributed by atoms with Crippen LogP contribution in [0, 0.1) is 0 Å². The van der Waals surface area contributed by atoms with Gasteiger partial charge < -0.3 is 29.2 Å². The standard InChI is InChI=1S/C33H32N2O6/c1-38-27-15-12-25(13-16-27)21-35(32(36)22-39-28-10-6-3-7-11-28)29(18-24-8-4-2-5-9-24)33(37)34-20-26-14-17-30-31(19-26)41-23-40-30/h2-17,19,29H,18,20-23H2,1H3,(H,34,37)/t29-/m1/s1. The molecule has 2 amide bonds. The number of para-hydroxylation sites is 1. The number of methoxy groups -OCH3 is 1. The number of hydrogen-bond donors (Lipinski definition) is 1. The molecule has 0 spiro atoms. The van der Waals surface area contributed by atoms with E-state index in [9.17, 15) is 9.59 Å². The molecular weight excluding hydrogens is 520 g/mol. The average molecular weight is 553 g/mol. The number of amides is 2. The zero-order valence-corrected chi connectivity index (χ0v) is 22.8. The number of ether oxygens (including phenoxy) is 4. The largest absolute Gasteiger partial charge is 0.497 e. The summed E-state index contributed by atoms with van der Waals surface area (Å²) in [7, 11) is 1.60. The maximum atomic E-state index is 13.8. The van der Waals surface area contributed by atoms with E-state index >= 15 is 0 Å². The highest BCUT2D eigenvalue weighted by Crippen LogP contribution is 2.32. The van der Waals surface area contributed by atoms with Crippen molar-refractivity contribution in [3.63, 3.8) is 0 Å². The Morgan fingerprint density at radius 2 is 1.49 bits per heavy atom. The number of rotatable bonds is 12. The molecule has 1 aliphatic rings. The van der Waals surface area contributed by atoms with Crippen LogP contribution < -0.4 is 24.3 Å². The maximum absolute atomic E-state index is 13.8. The van der Waals surface area contributed by atoms with Gasteiger partial charge in [-0.1, -0.05) is 66.7 Å². The van der Waals surface area contributed by atoms with Crippen LogP contribution in [-0.4, -0.2) is 43.3 Å². The van der Waals surface area contributed by atoms with E-state index < -0.39 is 6.04 Å². The Morgan fingerprint density at radius 3 is 2.22 bits per heavy atom. The molecule has 0 saturated heterocycles. The number of carbonyl (C=O) groups is 2. The van der Waals surface area contributed by atoms with Crippen LogP contribution >= 0.6 is 0 Å². The minimum Gasteiger partial charge on any atom is -0.497 e. The van der Waals surface area contributed by atoms with E-state index in [1.807, 2.05) is 91.0 Å². The summed E-state index contributed by atoms with van der Waals surface area (Å²) < 4.78 is 22.0. The van der Waals surface area contributed by atoms with Crippen molar-refractivity contribution >= 4 is 11.8 Å². The molecule has 0 bridgehead atoms. The normalized spacial score (nSPS) is 12.3. The fourth-order valence-corrected chi connectivity index (χ4v) is 4.58. The Morgan fingerprint density at radius 1 is 0.805 bits per heavy atom. The Balaban J connectivity index is 1.39. The summed E-state index contributed by atoms with van der Waals surface area (Å²) in [5, 5.41) is 3.03. The molecule has 0 aliphatic carbocycles. The average Bonchev–Trinajstić information content (AvgIpc) is 3.50. The third kappa shape index (κ3) is 7.36. The molecule has 210 valence electrons. The highest BCUT2D eigenvalue weighted by atomic mass is 16.7. The molecule has 0 fully saturated rings. The van der Waals surface area contributed by atoms with Crippen molar-refractivity contribution in [3.8, 4) is 23.0 Å². The van der Waals surface area contributed by atoms with Crippen molar-refractivity contribution in [2.24, 2.45) is 0 Å². The van der Waals surface area contributed by atoms with Gasteiger partial charge in [0.15, 0.2) is 18.1 Å². The SMILES string of the molecule is COc1ccc(CN(C(=O)COc2ccccc2)[C@H](Cc2ccccc2)C(=O)NCc2ccc3c(c2)OCO3)cc1. The number of benzene rings is 4. The lowest BCUT2D eigenvalue weighted by Crippen LogP contribution is -2.51. The second kappa shape index (κ2) is 13.4. The van der Waals surface area contributed by atoms with Crippen molar-refractivity contribution in [2.75, 3.05) is 20.5 Å². The molecule has 1 N–H and O–H groups in total. The molecule has 41 heavy (non-hydrogen) atoms. The topological polar surface area (TPSA) is 86.3 Å². The van der Waals surface area contributed by atoms with Crippen LogP contribution in [0.1, 0.15) is 16.7 Å². The van der Waals surface area contributed by atoms with Crippen LogP contribution in [0.5, 0.6) is 23.0 Å². The molecule has 8 heteroatoms. The smallest absolute Gasteiger partial charge is 0.261 e. The molecule has 0 saturated carbocycles. The first kappa shape index (κ1) is 27.6. The van der Waals surface area contributed by atoms with Gasteiger partial charge in [0.2, 0.25) is 12.7 Å². The minimum absolute atomic E-state index is 0.178. The van der Waals surface area contributed by atoms with Gasteiger partial charge in [0.25, 0.3) is 5.91 Å². The second-order valence-electron chi connectivity index (χ2n) is 9.58. The van der Waals surface area contributed by atoms with Gasteiger partial charge in [0, 0.05) is 19.5 Å². The summed E-state index contributed by atoms with van der Waals surface area (Å²) >= 11 is 0. The lowest BCUT2D eigenvalue weighted by atomic mass is 10.0. The van der Waals surface area contributed by atoms with Gasteiger partial charge in [-0.15, -0.1) is 0 Å². The van der Waals surface area contributed by atoms with Gasteiger partial charge in [0.05, 0.1) is 7.11 Å². The Labute approximate surface area is 239 Å². The Kier molecular flexibility index (Phi) is 9.01. The molecule has 4 aromatic rings. The predicted octanol–water partition coefficient (Wildman–Crippen LogP) is 4.76. The van der Waals surface area contributed by atoms with Crippen LogP contribution in [-0.2, 0) is 29.1 Å². The third-order valence-corrected chi connectivity index (χ3v) is 6.79. The fraction of sp³-hybridized carbons (Fsp3) is 0.212. The zero-order valence-electron chi connectivity index (χ0n) is 22.8. The van der Waals surface area contributed by atoms with Gasteiger partial charge in [-0.25, -0.2) is 0 Å². The molecule has 1 heterocycles. The number of nitrogens with zero attached hydrogens (tertiary/aromatic N) is 1. The number of fused-ring (bicyclic) bond motifs is 1. The van der Waals surface area contributed by atoms with E-state index in [2.05, 4.69) is 5.32 Å². The van der Waals surface area contributed by atoms with Crippen LogP contribution in [0.4, 0.5) is 0 Å². The number of hydrogen-bond acceptors (Lipinski definition) is 6. The van der Waals surface area contributed by atoms with Gasteiger partial charge in [0.1, 0.15) is 17.5 Å². The van der Waals surface area contributed by atoms with E-state index in [-0.39, 0.29) is 38.3 Å². The second-order valence-corrected chi connectivity index (χ2v) is 9.58. The molecule has 0 aromatic heterocycles. The summed E-state index contributed by atoms with van der Waals surface area (Å²) in [5.74, 6) is 2.04. The van der Waals surface area contributed by atoms with Crippen LogP contribution in [0.25, 0.3) is 0 Å². The lowest BCUT2D eigenvalue weighted by Gasteiger charge is -2.31. The molecule has 5 rings (SSSR count). The summed E-state index contributed by atoms with van der Waals surface area (Å²) in [4.78, 5) is 29.2. The first-order chi connectivity index (χ1) is 20.1. The lowest BCUT2D eigenvalue weighted by molar-refractivity contribution is -0.142.